The van der Waals surface area contributed by atoms with Gasteiger partial charge in [0, 0.05) is 18.7 Å². The first kappa shape index (κ1) is 11.7. The van der Waals surface area contributed by atoms with Crippen molar-refractivity contribution in [1.29, 1.82) is 0 Å². The van der Waals surface area contributed by atoms with Crippen LogP contribution in [0.25, 0.3) is 0 Å². The maximum absolute atomic E-state index is 11.3. The van der Waals surface area contributed by atoms with E-state index < -0.39 is 0 Å². The number of carbonyl (C=O) groups is 1. The molecule has 0 aliphatic carbocycles. The summed E-state index contributed by atoms with van der Waals surface area (Å²) in [7, 11) is 1.63. The largest absolute Gasteiger partial charge is 0.355 e. The first-order valence-corrected chi connectivity index (χ1v) is 5.20. The molecule has 0 bridgehead atoms. The predicted octanol–water partition coefficient (Wildman–Crippen LogP) is 1.33. The van der Waals surface area contributed by atoms with E-state index in [1.54, 1.807) is 7.05 Å². The van der Waals surface area contributed by atoms with Gasteiger partial charge in [-0.05, 0) is 37.5 Å². The second kappa shape index (κ2) is 5.51. The summed E-state index contributed by atoms with van der Waals surface area (Å²) in [5, 5.41) is 2.59. The molecule has 3 nitrogen and oxygen atoms in total. The molecule has 3 N–H and O–H groups in total. The van der Waals surface area contributed by atoms with E-state index in [0.29, 0.717) is 5.56 Å². The molecule has 1 amide bonds. The third-order valence-corrected chi connectivity index (χ3v) is 2.33. The van der Waals surface area contributed by atoms with Gasteiger partial charge in [0.25, 0.3) is 5.91 Å². The minimum Gasteiger partial charge on any atom is -0.355 e. The fourth-order valence-electron chi connectivity index (χ4n) is 1.36. The van der Waals surface area contributed by atoms with E-state index in [1.807, 2.05) is 31.2 Å². The zero-order valence-electron chi connectivity index (χ0n) is 9.29. The van der Waals surface area contributed by atoms with Gasteiger partial charge in [-0.3, -0.25) is 4.79 Å². The van der Waals surface area contributed by atoms with Crippen molar-refractivity contribution in [2.45, 2.75) is 25.8 Å². The summed E-state index contributed by atoms with van der Waals surface area (Å²) in [5.41, 5.74) is 7.59. The molecule has 0 saturated heterocycles. The molecule has 0 radical (unpaired) electrons. The number of benzene rings is 1. The number of rotatable bonds is 4. The molecule has 0 aliphatic rings. The van der Waals surface area contributed by atoms with E-state index in [0.717, 1.165) is 12.8 Å². The maximum Gasteiger partial charge on any atom is 0.251 e. The van der Waals surface area contributed by atoms with Crippen LogP contribution in [-0.2, 0) is 6.42 Å². The van der Waals surface area contributed by atoms with Crippen LogP contribution in [-0.4, -0.2) is 19.0 Å². The minimum atomic E-state index is -0.0475. The van der Waals surface area contributed by atoms with Gasteiger partial charge in [-0.25, -0.2) is 0 Å². The molecule has 0 heterocycles. The number of carbonyl (C=O) groups excluding carboxylic acids is 1. The summed E-state index contributed by atoms with van der Waals surface area (Å²) in [6, 6.07) is 7.87. The molecule has 1 atom stereocenters. The Balaban J connectivity index is 2.60. The fraction of sp³-hybridized carbons (Fsp3) is 0.417. The van der Waals surface area contributed by atoms with Gasteiger partial charge in [-0.1, -0.05) is 12.1 Å². The summed E-state index contributed by atoms with van der Waals surface area (Å²) in [6.45, 7) is 2.00. The zero-order chi connectivity index (χ0) is 11.3. The lowest BCUT2D eigenvalue weighted by atomic mass is 10.0. The van der Waals surface area contributed by atoms with Crippen LogP contribution >= 0.6 is 0 Å². The lowest BCUT2D eigenvalue weighted by molar-refractivity contribution is 0.0963. The zero-order valence-corrected chi connectivity index (χ0v) is 9.29. The molecule has 3 heteroatoms. The first-order chi connectivity index (χ1) is 7.13. The van der Waals surface area contributed by atoms with E-state index >= 15 is 0 Å². The van der Waals surface area contributed by atoms with E-state index in [2.05, 4.69) is 5.32 Å². The summed E-state index contributed by atoms with van der Waals surface area (Å²) >= 11 is 0. The Bertz CT molecular complexity index is 317. The van der Waals surface area contributed by atoms with Crippen LogP contribution < -0.4 is 11.1 Å². The normalized spacial score (nSPS) is 12.2. The van der Waals surface area contributed by atoms with Gasteiger partial charge in [-0.15, -0.1) is 0 Å². The molecule has 0 aliphatic heterocycles. The number of hydrogen-bond acceptors (Lipinski definition) is 2. The smallest absolute Gasteiger partial charge is 0.251 e. The number of amides is 1. The van der Waals surface area contributed by atoms with Gasteiger partial charge in [-0.2, -0.15) is 0 Å². The molecule has 82 valence electrons. The van der Waals surface area contributed by atoms with Gasteiger partial charge in [0.1, 0.15) is 0 Å². The third kappa shape index (κ3) is 3.72. The van der Waals surface area contributed by atoms with Crippen molar-refractivity contribution in [1.82, 2.24) is 5.32 Å². The highest BCUT2D eigenvalue weighted by Gasteiger charge is 2.02. The average Bonchev–Trinajstić information content (AvgIpc) is 2.26. The highest BCUT2D eigenvalue weighted by atomic mass is 16.1. The quantitative estimate of drug-likeness (QED) is 0.780. The van der Waals surface area contributed by atoms with E-state index in [1.165, 1.54) is 5.56 Å². The van der Waals surface area contributed by atoms with Crippen molar-refractivity contribution >= 4 is 5.91 Å². The summed E-state index contributed by atoms with van der Waals surface area (Å²) in [4.78, 5) is 11.3. The van der Waals surface area contributed by atoms with Crippen LogP contribution in [0.2, 0.25) is 0 Å². The van der Waals surface area contributed by atoms with Crippen molar-refractivity contribution in [2.75, 3.05) is 7.05 Å². The second-order valence-electron chi connectivity index (χ2n) is 3.79. The van der Waals surface area contributed by atoms with E-state index in [4.69, 9.17) is 5.73 Å². The van der Waals surface area contributed by atoms with Gasteiger partial charge in [0.2, 0.25) is 0 Å². The van der Waals surface area contributed by atoms with Crippen molar-refractivity contribution in [3.05, 3.63) is 35.4 Å². The molecule has 1 aromatic rings. The number of nitrogens with two attached hydrogens (primary N) is 1. The Labute approximate surface area is 90.7 Å². The lowest BCUT2D eigenvalue weighted by Crippen LogP contribution is -2.17. The van der Waals surface area contributed by atoms with Gasteiger partial charge in [0.05, 0.1) is 0 Å². The van der Waals surface area contributed by atoms with Crippen LogP contribution in [0.3, 0.4) is 0 Å². The number of hydrogen-bond donors (Lipinski definition) is 2. The van der Waals surface area contributed by atoms with Crippen LogP contribution in [0.1, 0.15) is 29.3 Å². The van der Waals surface area contributed by atoms with Crippen LogP contribution in [0.5, 0.6) is 0 Å². The standard InChI is InChI=1S/C12H18N2O/c1-9(13)3-4-10-5-7-11(8-6-10)12(15)14-2/h5-9H,3-4,13H2,1-2H3,(H,14,15)/t9-/m0/s1. The molecule has 0 spiro atoms. The monoisotopic (exact) mass is 206 g/mol. The Hall–Kier alpha value is -1.35. The summed E-state index contributed by atoms with van der Waals surface area (Å²) < 4.78 is 0. The Morgan fingerprint density at radius 2 is 2.00 bits per heavy atom. The topological polar surface area (TPSA) is 55.1 Å². The van der Waals surface area contributed by atoms with Crippen LogP contribution in [0.15, 0.2) is 24.3 Å². The number of nitrogens with one attached hydrogen (secondary N) is 1. The Kier molecular flexibility index (Phi) is 4.31. The van der Waals surface area contributed by atoms with Crippen molar-refractivity contribution in [3.8, 4) is 0 Å². The van der Waals surface area contributed by atoms with Gasteiger partial charge < -0.3 is 11.1 Å². The van der Waals surface area contributed by atoms with Crippen molar-refractivity contribution < 1.29 is 4.79 Å². The molecule has 15 heavy (non-hydrogen) atoms. The molecular formula is C12H18N2O. The highest BCUT2D eigenvalue weighted by molar-refractivity contribution is 5.93. The average molecular weight is 206 g/mol. The summed E-state index contributed by atoms with van der Waals surface area (Å²) in [6.07, 6.45) is 1.94. The molecule has 0 unspecified atom stereocenters. The molecule has 1 rings (SSSR count). The lowest BCUT2D eigenvalue weighted by Gasteiger charge is -2.05. The van der Waals surface area contributed by atoms with E-state index in [-0.39, 0.29) is 11.9 Å². The molecule has 0 aromatic heterocycles. The molecule has 0 fully saturated rings. The SMILES string of the molecule is CNC(=O)c1ccc(CC[C@H](C)N)cc1. The number of aryl methyl sites for hydroxylation is 1. The van der Waals surface area contributed by atoms with Crippen LogP contribution in [0.4, 0.5) is 0 Å². The Morgan fingerprint density at radius 3 is 2.47 bits per heavy atom. The van der Waals surface area contributed by atoms with Gasteiger partial charge >= 0.3 is 0 Å². The predicted molar refractivity (Wildman–Crippen MR) is 61.8 cm³/mol. The van der Waals surface area contributed by atoms with Crippen molar-refractivity contribution in [2.24, 2.45) is 5.73 Å². The van der Waals surface area contributed by atoms with Gasteiger partial charge in [0.15, 0.2) is 0 Å². The first-order valence-electron chi connectivity index (χ1n) is 5.20. The second-order valence-corrected chi connectivity index (χ2v) is 3.79. The fourth-order valence-corrected chi connectivity index (χ4v) is 1.36. The Morgan fingerprint density at radius 1 is 1.40 bits per heavy atom. The van der Waals surface area contributed by atoms with Crippen molar-refractivity contribution in [3.63, 3.8) is 0 Å². The minimum absolute atomic E-state index is 0.0475. The molecule has 1 aromatic carbocycles. The van der Waals surface area contributed by atoms with E-state index in [9.17, 15) is 4.79 Å². The maximum atomic E-state index is 11.3. The molecular weight excluding hydrogens is 188 g/mol. The third-order valence-electron chi connectivity index (χ3n) is 2.33. The highest BCUT2D eigenvalue weighted by Crippen LogP contribution is 2.07. The van der Waals surface area contributed by atoms with Crippen LogP contribution in [0, 0.1) is 0 Å². The molecule has 0 saturated carbocycles. The summed E-state index contributed by atoms with van der Waals surface area (Å²) in [5.74, 6) is -0.0475.